The van der Waals surface area contributed by atoms with Crippen LogP contribution in [0.3, 0.4) is 0 Å². The average molecular weight is 314 g/mol. The van der Waals surface area contributed by atoms with Gasteiger partial charge in [-0.1, -0.05) is 6.92 Å². The van der Waals surface area contributed by atoms with Gasteiger partial charge in [0.2, 0.25) is 0 Å². The molecule has 1 saturated heterocycles. The van der Waals surface area contributed by atoms with Gasteiger partial charge in [0.15, 0.2) is 5.78 Å². The topological polar surface area (TPSA) is 66.6 Å². The van der Waals surface area contributed by atoms with Crippen molar-refractivity contribution in [2.75, 3.05) is 36.6 Å². The fourth-order valence-corrected chi connectivity index (χ4v) is 4.81. The van der Waals surface area contributed by atoms with Gasteiger partial charge < -0.3 is 15.7 Å². The molecule has 1 aliphatic heterocycles. The van der Waals surface area contributed by atoms with E-state index >= 15 is 0 Å². The predicted octanol–water partition coefficient (Wildman–Crippen LogP) is 2.85. The molecule has 1 atom stereocenters. The number of nitrogens with two attached hydrogens (primary N) is 1. The van der Waals surface area contributed by atoms with E-state index in [9.17, 15) is 9.90 Å². The van der Waals surface area contributed by atoms with Crippen LogP contribution in [0.2, 0.25) is 0 Å². The maximum atomic E-state index is 12.0. The van der Waals surface area contributed by atoms with Crippen molar-refractivity contribution in [1.82, 2.24) is 0 Å². The number of hydrogen-bond acceptors (Lipinski definition) is 6. The number of thioether (sulfide) groups is 1. The summed E-state index contributed by atoms with van der Waals surface area (Å²) in [6.07, 6.45) is 4.63. The molecular weight excluding hydrogens is 292 g/mol. The number of thiophene rings is 1. The molecule has 0 aliphatic carbocycles. The molecule has 4 nitrogen and oxygen atoms in total. The summed E-state index contributed by atoms with van der Waals surface area (Å²) in [6.45, 7) is 3.92. The number of carbonyl (C=O) groups excluding carboxylic acids is 1. The van der Waals surface area contributed by atoms with Crippen molar-refractivity contribution in [3.8, 4) is 0 Å². The van der Waals surface area contributed by atoms with Crippen LogP contribution in [0.4, 0.5) is 10.7 Å². The molecule has 112 valence electrons. The summed E-state index contributed by atoms with van der Waals surface area (Å²) in [7, 11) is 0. The first-order valence-electron chi connectivity index (χ1n) is 6.97. The zero-order valence-corrected chi connectivity index (χ0v) is 13.6. The zero-order chi connectivity index (χ0) is 14.7. The number of carbonyl (C=O) groups is 1. The van der Waals surface area contributed by atoms with Crippen LogP contribution in [0.15, 0.2) is 4.90 Å². The third-order valence-electron chi connectivity index (χ3n) is 3.73. The van der Waals surface area contributed by atoms with Gasteiger partial charge in [-0.25, -0.2) is 0 Å². The van der Waals surface area contributed by atoms with Crippen LogP contribution in [-0.2, 0) is 0 Å². The Kier molecular flexibility index (Phi) is 5.35. The SMILES string of the molecule is CCC(=O)c1sc(N2CCCC(CO)C2)c(SC)c1N. The lowest BCUT2D eigenvalue weighted by molar-refractivity contribution is 0.0992. The molecule has 3 N–H and O–H groups in total. The van der Waals surface area contributed by atoms with Crippen LogP contribution in [0.25, 0.3) is 0 Å². The maximum absolute atomic E-state index is 12.0. The molecule has 1 aromatic heterocycles. The van der Waals surface area contributed by atoms with E-state index in [0.717, 1.165) is 35.8 Å². The van der Waals surface area contributed by atoms with Crippen molar-refractivity contribution < 1.29 is 9.90 Å². The highest BCUT2D eigenvalue weighted by atomic mass is 32.2. The average Bonchev–Trinajstić information content (AvgIpc) is 2.83. The lowest BCUT2D eigenvalue weighted by Gasteiger charge is -2.33. The second kappa shape index (κ2) is 6.83. The highest BCUT2D eigenvalue weighted by Gasteiger charge is 2.26. The first kappa shape index (κ1) is 15.7. The first-order chi connectivity index (χ1) is 9.62. The van der Waals surface area contributed by atoms with Crippen molar-refractivity contribution in [3.05, 3.63) is 4.88 Å². The van der Waals surface area contributed by atoms with Crippen molar-refractivity contribution >= 4 is 39.6 Å². The van der Waals surface area contributed by atoms with Gasteiger partial charge >= 0.3 is 0 Å². The van der Waals surface area contributed by atoms with Gasteiger partial charge in [-0.05, 0) is 25.0 Å². The maximum Gasteiger partial charge on any atom is 0.174 e. The molecule has 2 rings (SSSR count). The molecule has 1 fully saturated rings. The van der Waals surface area contributed by atoms with Crippen LogP contribution in [0.1, 0.15) is 35.9 Å². The number of Topliss-reactive ketones (excluding diaryl/α,β-unsaturated/α-hetero) is 1. The van der Waals surface area contributed by atoms with Gasteiger partial charge in [-0.15, -0.1) is 23.1 Å². The summed E-state index contributed by atoms with van der Waals surface area (Å²) in [4.78, 5) is 16.0. The highest BCUT2D eigenvalue weighted by Crippen LogP contribution is 2.45. The van der Waals surface area contributed by atoms with Crippen LogP contribution < -0.4 is 10.6 Å². The summed E-state index contributed by atoms with van der Waals surface area (Å²) >= 11 is 3.11. The van der Waals surface area contributed by atoms with Crippen LogP contribution >= 0.6 is 23.1 Å². The summed E-state index contributed by atoms with van der Waals surface area (Å²) in [5, 5.41) is 10.5. The summed E-state index contributed by atoms with van der Waals surface area (Å²) in [5.41, 5.74) is 6.79. The summed E-state index contributed by atoms with van der Waals surface area (Å²) < 4.78 is 0. The number of aliphatic hydroxyl groups is 1. The van der Waals surface area contributed by atoms with E-state index < -0.39 is 0 Å². The van der Waals surface area contributed by atoms with Crippen molar-refractivity contribution in [2.24, 2.45) is 5.92 Å². The Hall–Kier alpha value is -0.720. The minimum Gasteiger partial charge on any atom is -0.396 e. The predicted molar refractivity (Wildman–Crippen MR) is 87.2 cm³/mol. The van der Waals surface area contributed by atoms with Crippen molar-refractivity contribution in [2.45, 2.75) is 31.1 Å². The number of ketones is 1. The van der Waals surface area contributed by atoms with E-state index in [1.54, 1.807) is 11.8 Å². The molecule has 0 spiro atoms. The smallest absolute Gasteiger partial charge is 0.174 e. The fourth-order valence-electron chi connectivity index (χ4n) is 2.59. The third-order valence-corrected chi connectivity index (χ3v) is 5.98. The zero-order valence-electron chi connectivity index (χ0n) is 12.0. The third kappa shape index (κ3) is 2.97. The van der Waals surface area contributed by atoms with Crippen LogP contribution in [0.5, 0.6) is 0 Å². The fraction of sp³-hybridized carbons (Fsp3) is 0.643. The Morgan fingerprint density at radius 3 is 2.95 bits per heavy atom. The lowest BCUT2D eigenvalue weighted by Crippen LogP contribution is -2.36. The molecule has 20 heavy (non-hydrogen) atoms. The number of aliphatic hydroxyl groups excluding tert-OH is 1. The number of nitrogen functional groups attached to an aromatic ring is 1. The molecular formula is C14H22N2O2S2. The Labute approximate surface area is 128 Å². The summed E-state index contributed by atoms with van der Waals surface area (Å²) in [6, 6.07) is 0. The Balaban J connectivity index is 2.33. The lowest BCUT2D eigenvalue weighted by atomic mass is 9.99. The Morgan fingerprint density at radius 2 is 2.35 bits per heavy atom. The van der Waals surface area contributed by atoms with Gasteiger partial charge in [0, 0.05) is 26.1 Å². The van der Waals surface area contributed by atoms with Crippen molar-refractivity contribution in [1.29, 1.82) is 0 Å². The standard InChI is InChI=1S/C14H22N2O2S2/c1-3-10(18)12-11(15)13(19-2)14(20-12)16-6-4-5-9(7-16)8-17/h9,17H,3-8,15H2,1-2H3. The second-order valence-corrected chi connectivity index (χ2v) is 6.91. The monoisotopic (exact) mass is 314 g/mol. The minimum absolute atomic E-state index is 0.116. The molecule has 1 aliphatic rings. The van der Waals surface area contributed by atoms with E-state index in [2.05, 4.69) is 4.90 Å². The van der Waals surface area contributed by atoms with Gasteiger partial charge in [0.05, 0.1) is 15.5 Å². The Morgan fingerprint density at radius 1 is 1.60 bits per heavy atom. The largest absolute Gasteiger partial charge is 0.396 e. The van der Waals surface area contributed by atoms with E-state index in [4.69, 9.17) is 5.73 Å². The van der Waals surface area contributed by atoms with Gasteiger partial charge in [-0.3, -0.25) is 4.79 Å². The molecule has 0 aromatic carbocycles. The quantitative estimate of drug-likeness (QED) is 0.646. The molecule has 1 unspecified atom stereocenters. The van der Waals surface area contributed by atoms with E-state index in [1.165, 1.54) is 11.3 Å². The van der Waals surface area contributed by atoms with Crippen LogP contribution in [0, 0.1) is 5.92 Å². The van der Waals surface area contributed by atoms with E-state index in [-0.39, 0.29) is 12.4 Å². The Bertz CT molecular complexity index is 488. The molecule has 0 radical (unpaired) electrons. The number of rotatable bonds is 5. The van der Waals surface area contributed by atoms with Gasteiger partial charge in [0.1, 0.15) is 5.00 Å². The van der Waals surface area contributed by atoms with Gasteiger partial charge in [0.25, 0.3) is 0 Å². The normalized spacial score (nSPS) is 19.4. The number of nitrogens with zero attached hydrogens (tertiary/aromatic N) is 1. The van der Waals surface area contributed by atoms with E-state index in [1.807, 2.05) is 13.2 Å². The van der Waals surface area contributed by atoms with Crippen LogP contribution in [-0.4, -0.2) is 36.8 Å². The number of piperidine rings is 1. The second-order valence-electron chi connectivity index (χ2n) is 5.10. The van der Waals surface area contributed by atoms with Crippen molar-refractivity contribution in [3.63, 3.8) is 0 Å². The molecule has 1 aromatic rings. The molecule has 0 bridgehead atoms. The molecule has 0 saturated carbocycles. The number of hydrogen-bond donors (Lipinski definition) is 2. The number of anilines is 2. The summed E-state index contributed by atoms with van der Waals surface area (Å²) in [5.74, 6) is 0.442. The van der Waals surface area contributed by atoms with Gasteiger partial charge in [-0.2, -0.15) is 0 Å². The minimum atomic E-state index is 0.116. The molecule has 6 heteroatoms. The molecule has 0 amide bonds. The first-order valence-corrected chi connectivity index (χ1v) is 9.01. The molecule has 2 heterocycles. The van der Waals surface area contributed by atoms with E-state index in [0.29, 0.717) is 22.9 Å². The highest BCUT2D eigenvalue weighted by molar-refractivity contribution is 7.99.